The van der Waals surface area contributed by atoms with Crippen molar-refractivity contribution in [1.82, 2.24) is 15.0 Å². The molecule has 0 radical (unpaired) electrons. The molecule has 0 atom stereocenters. The average Bonchev–Trinajstić information content (AvgIpc) is 2.85. The minimum Gasteiger partial charge on any atom is -0.256 e. The van der Waals surface area contributed by atoms with E-state index in [2.05, 4.69) is 15.0 Å². The van der Waals surface area contributed by atoms with Crippen LogP contribution in [0, 0.1) is 19.7 Å². The van der Waals surface area contributed by atoms with E-state index in [1.807, 2.05) is 31.2 Å². The van der Waals surface area contributed by atoms with Crippen LogP contribution in [-0.2, 0) is 15.6 Å². The molecule has 0 amide bonds. The van der Waals surface area contributed by atoms with Gasteiger partial charge in [0.25, 0.3) is 0 Å². The second kappa shape index (κ2) is 9.00. The minimum atomic E-state index is -3.57. The molecule has 0 aliphatic rings. The molecule has 0 saturated carbocycles. The number of aromatic nitrogens is 3. The van der Waals surface area contributed by atoms with Gasteiger partial charge in [-0.25, -0.2) is 22.8 Å². The summed E-state index contributed by atoms with van der Waals surface area (Å²) in [6.07, 6.45) is 4.55. The molecule has 0 spiro atoms. The standard InChI is InChI=1S/C28H22FN3O2S/c1-18-3-4-21(15-27(18)29)20-5-7-25(19(2)13-20)28-26-8-6-24(14-22(26)9-12-31-28)35(33,34)16-23-10-11-30-17-32-23/h3-15,17H,16H2,1-2H3. The smallest absolute Gasteiger partial charge is 0.184 e. The molecule has 0 aliphatic heterocycles. The average molecular weight is 484 g/mol. The lowest BCUT2D eigenvalue weighted by Crippen LogP contribution is -2.06. The SMILES string of the molecule is Cc1ccc(-c2ccc(-c3nccc4cc(S(=O)(=O)Cc5ccncn5)ccc34)c(C)c2)cc1F. The van der Waals surface area contributed by atoms with Crippen LogP contribution in [0.5, 0.6) is 0 Å². The Morgan fingerprint density at radius 1 is 0.800 bits per heavy atom. The first-order chi connectivity index (χ1) is 16.8. The minimum absolute atomic E-state index is 0.195. The van der Waals surface area contributed by atoms with Crippen LogP contribution in [0.15, 0.2) is 90.3 Å². The number of halogens is 1. The molecule has 35 heavy (non-hydrogen) atoms. The van der Waals surface area contributed by atoms with Crippen molar-refractivity contribution in [3.63, 3.8) is 0 Å². The van der Waals surface area contributed by atoms with Gasteiger partial charge in [-0.2, -0.15) is 0 Å². The van der Waals surface area contributed by atoms with E-state index < -0.39 is 9.84 Å². The molecule has 2 aromatic heterocycles. The highest BCUT2D eigenvalue weighted by molar-refractivity contribution is 7.90. The molecule has 5 nitrogen and oxygen atoms in total. The van der Waals surface area contributed by atoms with Crippen molar-refractivity contribution in [2.45, 2.75) is 24.5 Å². The lowest BCUT2D eigenvalue weighted by Gasteiger charge is -2.12. The highest BCUT2D eigenvalue weighted by Gasteiger charge is 2.18. The van der Waals surface area contributed by atoms with E-state index >= 15 is 0 Å². The Balaban J connectivity index is 1.52. The Hall–Kier alpha value is -3.97. The molecule has 0 saturated heterocycles. The normalized spacial score (nSPS) is 11.6. The fourth-order valence-corrected chi connectivity index (χ4v) is 5.44. The molecule has 7 heteroatoms. The number of rotatable bonds is 5. The Morgan fingerprint density at radius 3 is 2.34 bits per heavy atom. The van der Waals surface area contributed by atoms with Gasteiger partial charge < -0.3 is 0 Å². The van der Waals surface area contributed by atoms with E-state index in [1.54, 1.807) is 55.6 Å². The summed E-state index contributed by atoms with van der Waals surface area (Å²) < 4.78 is 40.0. The molecule has 2 heterocycles. The van der Waals surface area contributed by atoms with E-state index in [-0.39, 0.29) is 16.5 Å². The van der Waals surface area contributed by atoms with E-state index in [4.69, 9.17) is 0 Å². The van der Waals surface area contributed by atoms with Crippen molar-refractivity contribution in [1.29, 1.82) is 0 Å². The molecule has 0 N–H and O–H groups in total. The Kier molecular flexibility index (Phi) is 5.86. The quantitative estimate of drug-likeness (QED) is 0.303. The van der Waals surface area contributed by atoms with Gasteiger partial charge in [0.15, 0.2) is 9.84 Å². The first-order valence-electron chi connectivity index (χ1n) is 11.1. The van der Waals surface area contributed by atoms with Crippen LogP contribution in [0.2, 0.25) is 0 Å². The van der Waals surface area contributed by atoms with Gasteiger partial charge in [-0.15, -0.1) is 0 Å². The number of hydrogen-bond donors (Lipinski definition) is 0. The van der Waals surface area contributed by atoms with Gasteiger partial charge in [0.1, 0.15) is 12.1 Å². The second-order valence-corrected chi connectivity index (χ2v) is 10.5. The van der Waals surface area contributed by atoms with Gasteiger partial charge >= 0.3 is 0 Å². The molecule has 0 fully saturated rings. The fraction of sp³-hybridized carbons (Fsp3) is 0.107. The first-order valence-corrected chi connectivity index (χ1v) is 12.7. The summed E-state index contributed by atoms with van der Waals surface area (Å²) in [7, 11) is -3.57. The zero-order valence-electron chi connectivity index (χ0n) is 19.2. The van der Waals surface area contributed by atoms with Crippen molar-refractivity contribution >= 4 is 20.6 Å². The van der Waals surface area contributed by atoms with Crippen molar-refractivity contribution in [2.24, 2.45) is 0 Å². The Labute approximate surface area is 203 Å². The number of sulfone groups is 1. The Bertz CT molecular complexity index is 1670. The highest BCUT2D eigenvalue weighted by Crippen LogP contribution is 2.33. The number of pyridine rings is 1. The number of benzene rings is 3. The van der Waals surface area contributed by atoms with Gasteiger partial charge in [0, 0.05) is 23.3 Å². The monoisotopic (exact) mass is 483 g/mol. The molecule has 5 aromatic rings. The summed E-state index contributed by atoms with van der Waals surface area (Å²) in [5, 5.41) is 1.63. The number of nitrogens with zero attached hydrogens (tertiary/aromatic N) is 3. The predicted octanol–water partition coefficient (Wildman–Crippen LogP) is 6.09. The van der Waals surface area contributed by atoms with Crippen LogP contribution in [0.4, 0.5) is 4.39 Å². The zero-order valence-corrected chi connectivity index (χ0v) is 20.1. The van der Waals surface area contributed by atoms with Gasteiger partial charge in [-0.3, -0.25) is 4.98 Å². The summed E-state index contributed by atoms with van der Waals surface area (Å²) in [6, 6.07) is 19.7. The van der Waals surface area contributed by atoms with Crippen molar-refractivity contribution < 1.29 is 12.8 Å². The molecule has 174 valence electrons. The number of hydrogen-bond acceptors (Lipinski definition) is 5. The molecule has 0 bridgehead atoms. The van der Waals surface area contributed by atoms with Gasteiger partial charge in [0.2, 0.25) is 0 Å². The lowest BCUT2D eigenvalue weighted by molar-refractivity contribution is 0.594. The largest absolute Gasteiger partial charge is 0.256 e. The van der Waals surface area contributed by atoms with E-state index in [9.17, 15) is 12.8 Å². The van der Waals surface area contributed by atoms with E-state index in [0.717, 1.165) is 38.7 Å². The summed E-state index contributed by atoms with van der Waals surface area (Å²) in [5.74, 6) is -0.426. The molecular formula is C28H22FN3O2S. The van der Waals surface area contributed by atoms with Crippen LogP contribution in [-0.4, -0.2) is 23.4 Å². The van der Waals surface area contributed by atoms with Gasteiger partial charge in [0.05, 0.1) is 22.0 Å². The van der Waals surface area contributed by atoms with Crippen LogP contribution < -0.4 is 0 Å². The Morgan fingerprint density at radius 2 is 1.60 bits per heavy atom. The van der Waals surface area contributed by atoms with Crippen LogP contribution in [0.25, 0.3) is 33.2 Å². The molecular weight excluding hydrogens is 461 g/mol. The zero-order chi connectivity index (χ0) is 24.6. The highest BCUT2D eigenvalue weighted by atomic mass is 32.2. The van der Waals surface area contributed by atoms with Crippen LogP contribution in [0.3, 0.4) is 0 Å². The number of aryl methyl sites for hydroxylation is 2. The van der Waals surface area contributed by atoms with Crippen LogP contribution >= 0.6 is 0 Å². The molecule has 3 aromatic carbocycles. The predicted molar refractivity (Wildman–Crippen MR) is 135 cm³/mol. The maximum Gasteiger partial charge on any atom is 0.184 e. The third-order valence-electron chi connectivity index (χ3n) is 6.06. The van der Waals surface area contributed by atoms with Crippen molar-refractivity contribution in [2.75, 3.05) is 0 Å². The lowest BCUT2D eigenvalue weighted by atomic mass is 9.95. The van der Waals surface area contributed by atoms with E-state index in [1.165, 1.54) is 12.5 Å². The molecule has 5 rings (SSSR count). The summed E-state index contributed by atoms with van der Waals surface area (Å²) in [5.41, 5.74) is 5.48. The number of fused-ring (bicyclic) bond motifs is 1. The van der Waals surface area contributed by atoms with Gasteiger partial charge in [-0.1, -0.05) is 36.4 Å². The summed E-state index contributed by atoms with van der Waals surface area (Å²) in [6.45, 7) is 3.73. The molecule has 0 aliphatic carbocycles. The summed E-state index contributed by atoms with van der Waals surface area (Å²) >= 11 is 0. The maximum atomic E-state index is 14.1. The third kappa shape index (κ3) is 4.55. The third-order valence-corrected chi connectivity index (χ3v) is 7.71. The topological polar surface area (TPSA) is 72.8 Å². The second-order valence-electron chi connectivity index (χ2n) is 8.50. The van der Waals surface area contributed by atoms with Crippen molar-refractivity contribution in [3.8, 4) is 22.4 Å². The fourth-order valence-electron chi connectivity index (χ4n) is 4.13. The van der Waals surface area contributed by atoms with E-state index in [0.29, 0.717) is 11.3 Å². The van der Waals surface area contributed by atoms with Gasteiger partial charge in [-0.05, 0) is 71.8 Å². The first kappa shape index (κ1) is 22.8. The van der Waals surface area contributed by atoms with Crippen molar-refractivity contribution in [3.05, 3.63) is 108 Å². The van der Waals surface area contributed by atoms with Crippen LogP contribution in [0.1, 0.15) is 16.8 Å². The maximum absolute atomic E-state index is 14.1. The molecule has 0 unspecified atom stereocenters. The summed E-state index contributed by atoms with van der Waals surface area (Å²) in [4.78, 5) is 12.7.